The van der Waals surface area contributed by atoms with Gasteiger partial charge in [0, 0.05) is 31.7 Å². The minimum Gasteiger partial charge on any atom is -0.444 e. The zero-order valence-corrected chi connectivity index (χ0v) is 22.0. The maximum absolute atomic E-state index is 11.9. The van der Waals surface area contributed by atoms with E-state index in [0.717, 1.165) is 34.1 Å². The summed E-state index contributed by atoms with van der Waals surface area (Å²) >= 11 is 0. The third-order valence-electron chi connectivity index (χ3n) is 5.57. The number of aliphatic hydroxyl groups excluding tert-OH is 1. The van der Waals surface area contributed by atoms with E-state index in [1.807, 2.05) is 71.9 Å². The van der Waals surface area contributed by atoms with Crippen molar-refractivity contribution < 1.29 is 29.0 Å². The summed E-state index contributed by atoms with van der Waals surface area (Å²) in [4.78, 5) is 37.9. The Morgan fingerprint density at radius 3 is 1.65 bits per heavy atom. The molecule has 0 spiro atoms. The molecule has 0 saturated heterocycles. The van der Waals surface area contributed by atoms with Crippen LogP contribution in [-0.2, 0) is 42.3 Å². The van der Waals surface area contributed by atoms with Crippen LogP contribution < -0.4 is 0 Å². The van der Waals surface area contributed by atoms with Gasteiger partial charge in [0.15, 0.2) is 0 Å². The Bertz CT molecular complexity index is 1130. The van der Waals surface area contributed by atoms with Gasteiger partial charge in [-0.1, -0.05) is 37.8 Å². The second-order valence-corrected chi connectivity index (χ2v) is 11.1. The molecule has 2 aromatic rings. The molecule has 4 rings (SSSR count). The molecule has 0 atom stereocenters. The number of rotatable bonds is 2. The Morgan fingerprint density at radius 2 is 1.22 bits per heavy atom. The highest BCUT2D eigenvalue weighted by molar-refractivity contribution is 5.76. The number of hydrogen-bond acceptors (Lipinski definition) is 6. The minimum atomic E-state index is -0.486. The van der Waals surface area contributed by atoms with Crippen LogP contribution in [0.15, 0.2) is 36.4 Å². The smallest absolute Gasteiger partial charge is 0.410 e. The summed E-state index contributed by atoms with van der Waals surface area (Å²) in [6.45, 7) is 13.3. The molecule has 0 radical (unpaired) electrons. The maximum Gasteiger partial charge on any atom is 0.410 e. The van der Waals surface area contributed by atoms with Gasteiger partial charge in [0.25, 0.3) is 0 Å². The van der Waals surface area contributed by atoms with Gasteiger partial charge < -0.3 is 14.6 Å². The first kappa shape index (κ1) is 29.8. The monoisotopic (exact) mass is 512 g/mol. The topological polar surface area (TPSA) is 96.4 Å². The van der Waals surface area contributed by atoms with Crippen LogP contribution in [-0.4, -0.2) is 44.6 Å². The summed E-state index contributed by atoms with van der Waals surface area (Å²) in [6, 6.07) is 11.3. The third kappa shape index (κ3) is 8.32. The molecule has 1 N–H and O–H groups in total. The zero-order chi connectivity index (χ0) is 26.7. The number of carbonyl (C=O) groups excluding carboxylic acids is 3. The van der Waals surface area contributed by atoms with Gasteiger partial charge in [-0.05, 0) is 75.4 Å². The Hall–Kier alpha value is -3.39. The molecular formula is C29H40N2O6. The molecule has 37 heavy (non-hydrogen) atoms. The van der Waals surface area contributed by atoms with E-state index in [4.69, 9.17) is 14.6 Å². The van der Waals surface area contributed by atoms with Gasteiger partial charge in [0.05, 0.1) is 6.61 Å². The van der Waals surface area contributed by atoms with Crippen molar-refractivity contribution in [1.82, 2.24) is 9.80 Å². The van der Waals surface area contributed by atoms with Crippen molar-refractivity contribution in [2.24, 2.45) is 0 Å². The van der Waals surface area contributed by atoms with Crippen LogP contribution >= 0.6 is 0 Å². The zero-order valence-electron chi connectivity index (χ0n) is 22.0. The van der Waals surface area contributed by atoms with Crippen LogP contribution in [0.1, 0.15) is 87.1 Å². The predicted molar refractivity (Wildman–Crippen MR) is 142 cm³/mol. The molecule has 0 aromatic heterocycles. The van der Waals surface area contributed by atoms with Crippen molar-refractivity contribution in [1.29, 1.82) is 0 Å². The van der Waals surface area contributed by atoms with Gasteiger partial charge in [-0.2, -0.15) is 0 Å². The van der Waals surface area contributed by atoms with Crippen LogP contribution in [0.4, 0.5) is 9.59 Å². The summed E-state index contributed by atoms with van der Waals surface area (Å²) in [6.07, 6.45) is 0.215. The van der Waals surface area contributed by atoms with Crippen LogP contribution in [0.25, 0.3) is 0 Å². The van der Waals surface area contributed by atoms with Crippen molar-refractivity contribution in [3.05, 3.63) is 69.8 Å². The molecule has 2 amide bonds. The molecule has 0 unspecified atom stereocenters. The number of hydrogen-bond donors (Lipinski definition) is 1. The van der Waals surface area contributed by atoms with E-state index in [9.17, 15) is 14.4 Å². The average Bonchev–Trinajstić information content (AvgIpc) is 3.40. The third-order valence-corrected chi connectivity index (χ3v) is 5.57. The second kappa shape index (κ2) is 11.8. The first-order valence-corrected chi connectivity index (χ1v) is 12.0. The minimum absolute atomic E-state index is 0. The number of amides is 2. The summed E-state index contributed by atoms with van der Waals surface area (Å²) < 4.78 is 10.7. The predicted octanol–water partition coefficient (Wildman–Crippen LogP) is 5.82. The number of ether oxygens (including phenoxy) is 2. The average molecular weight is 513 g/mol. The highest BCUT2D eigenvalue weighted by Gasteiger charge is 2.28. The van der Waals surface area contributed by atoms with Crippen molar-refractivity contribution in [3.63, 3.8) is 0 Å². The Morgan fingerprint density at radius 1 is 0.784 bits per heavy atom. The molecule has 0 bridgehead atoms. The van der Waals surface area contributed by atoms with E-state index < -0.39 is 11.2 Å². The van der Waals surface area contributed by atoms with Gasteiger partial charge in [-0.3, -0.25) is 14.6 Å². The van der Waals surface area contributed by atoms with Crippen LogP contribution in [0.2, 0.25) is 0 Å². The molecule has 2 heterocycles. The van der Waals surface area contributed by atoms with Gasteiger partial charge >= 0.3 is 12.2 Å². The molecule has 2 aromatic carbocycles. The van der Waals surface area contributed by atoms with E-state index in [1.165, 1.54) is 0 Å². The molecular weight excluding hydrogens is 472 g/mol. The summed E-state index contributed by atoms with van der Waals surface area (Å²) in [7, 11) is 0. The van der Waals surface area contributed by atoms with Crippen molar-refractivity contribution in [3.8, 4) is 0 Å². The molecule has 8 heteroatoms. The fourth-order valence-electron chi connectivity index (χ4n) is 3.95. The number of fused-ring (bicyclic) bond motifs is 2. The normalized spacial score (nSPS) is 14.0. The SMILES string of the molecule is C.CC(C)(C)OC(=O)N1Cc2ccc(C=O)cc2C1.CC(C)(C)OC(=O)N1Cc2ccc(CO)cc2C1. The molecule has 2 aliphatic rings. The molecule has 202 valence electrons. The van der Waals surface area contributed by atoms with Crippen molar-refractivity contribution >= 4 is 18.5 Å². The number of benzene rings is 2. The number of carbonyl (C=O) groups is 3. The summed E-state index contributed by atoms with van der Waals surface area (Å²) in [5.74, 6) is 0. The number of nitrogens with zero attached hydrogens (tertiary/aromatic N) is 2. The Labute approximate surface area is 220 Å². The molecule has 2 aliphatic heterocycles. The Kier molecular flexibility index (Phi) is 9.49. The standard InChI is InChI=1S/C14H19NO3.C14H17NO3.CH4/c2*1-14(2,3)18-13(17)15-7-11-5-4-10(9-16)6-12(11)8-15;/h4-6,16H,7-9H2,1-3H3;4-6,9H,7-8H2,1-3H3;1H4. The van der Waals surface area contributed by atoms with Crippen LogP contribution in [0.3, 0.4) is 0 Å². The number of aliphatic hydroxyl groups is 1. The summed E-state index contributed by atoms with van der Waals surface area (Å²) in [5, 5.41) is 9.09. The highest BCUT2D eigenvalue weighted by Crippen LogP contribution is 2.26. The largest absolute Gasteiger partial charge is 0.444 e. The lowest BCUT2D eigenvalue weighted by molar-refractivity contribution is 0.0232. The van der Waals surface area contributed by atoms with Crippen molar-refractivity contribution in [2.45, 2.75) is 93.0 Å². The van der Waals surface area contributed by atoms with E-state index in [-0.39, 0.29) is 26.2 Å². The molecule has 0 aliphatic carbocycles. The van der Waals surface area contributed by atoms with Crippen molar-refractivity contribution in [2.75, 3.05) is 0 Å². The number of aldehydes is 1. The quantitative estimate of drug-likeness (QED) is 0.510. The Balaban J connectivity index is 0.000000253. The van der Waals surface area contributed by atoms with Crippen LogP contribution in [0.5, 0.6) is 0 Å². The van der Waals surface area contributed by atoms with Gasteiger partial charge in [0.2, 0.25) is 0 Å². The summed E-state index contributed by atoms with van der Waals surface area (Å²) in [5.41, 5.74) is 4.86. The van der Waals surface area contributed by atoms with Crippen LogP contribution in [0, 0.1) is 0 Å². The van der Waals surface area contributed by atoms with E-state index in [1.54, 1.807) is 15.9 Å². The second-order valence-electron chi connectivity index (χ2n) is 11.1. The van der Waals surface area contributed by atoms with E-state index in [2.05, 4.69) is 0 Å². The first-order chi connectivity index (χ1) is 16.8. The first-order valence-electron chi connectivity index (χ1n) is 12.0. The lowest BCUT2D eigenvalue weighted by Crippen LogP contribution is -2.33. The van der Waals surface area contributed by atoms with Gasteiger partial charge in [-0.25, -0.2) is 9.59 Å². The van der Waals surface area contributed by atoms with E-state index >= 15 is 0 Å². The molecule has 0 fully saturated rings. The fraction of sp³-hybridized carbons (Fsp3) is 0.483. The van der Waals surface area contributed by atoms with Gasteiger partial charge in [-0.15, -0.1) is 0 Å². The fourth-order valence-corrected chi connectivity index (χ4v) is 3.95. The lowest BCUT2D eigenvalue weighted by Gasteiger charge is -2.24. The maximum atomic E-state index is 11.9. The lowest BCUT2D eigenvalue weighted by atomic mass is 10.1. The highest BCUT2D eigenvalue weighted by atomic mass is 16.6. The molecule has 0 saturated carbocycles. The molecule has 8 nitrogen and oxygen atoms in total. The van der Waals surface area contributed by atoms with E-state index in [0.29, 0.717) is 31.7 Å². The van der Waals surface area contributed by atoms with Gasteiger partial charge in [0.1, 0.15) is 17.5 Å².